The summed E-state index contributed by atoms with van der Waals surface area (Å²) in [6, 6.07) is 8.54. The van der Waals surface area contributed by atoms with Crippen LogP contribution in [0.5, 0.6) is 17.2 Å². The molecule has 0 fully saturated rings. The number of sulfonamides is 1. The van der Waals surface area contributed by atoms with Crippen LogP contribution in [0, 0.1) is 0 Å². The molecule has 0 aliphatic carbocycles. The highest BCUT2D eigenvalue weighted by Gasteiger charge is 2.19. The minimum absolute atomic E-state index is 0.0774. The Balaban J connectivity index is 2.06. The van der Waals surface area contributed by atoms with Gasteiger partial charge in [0.15, 0.2) is 18.1 Å². The number of esters is 1. The number of hydrogen-bond acceptors (Lipinski definition) is 8. The number of carbonyl (C=O) groups excluding carboxylic acids is 2. The Kier molecular flexibility index (Phi) is 9.49. The highest BCUT2D eigenvalue weighted by molar-refractivity contribution is 7.89. The zero-order valence-electron chi connectivity index (χ0n) is 19.0. The van der Waals surface area contributed by atoms with Gasteiger partial charge in [-0.25, -0.2) is 17.9 Å². The summed E-state index contributed by atoms with van der Waals surface area (Å²) in [7, 11) is 0.463. The topological polar surface area (TPSA) is 129 Å². The zero-order chi connectivity index (χ0) is 24.4. The lowest BCUT2D eigenvalue weighted by atomic mass is 10.1. The minimum Gasteiger partial charge on any atom is -0.493 e. The van der Waals surface area contributed by atoms with E-state index >= 15 is 0 Å². The standard InChI is InChI=1S/C22H28N2O8S/c1-5-6-11-23-33(27,28)16-9-7-15(8-10-16)32-14-21(25)24-18-13-20(30-3)19(29-2)12-17(18)22(26)31-4/h7-10,12-13,23H,5-6,11,14H2,1-4H3,(H,24,25). The SMILES string of the molecule is CCCCNS(=O)(=O)c1ccc(OCC(=O)Nc2cc(OC)c(OC)cc2C(=O)OC)cc1. The average Bonchev–Trinajstić information content (AvgIpc) is 2.82. The molecule has 0 atom stereocenters. The van der Waals surface area contributed by atoms with E-state index in [0.717, 1.165) is 12.8 Å². The molecule has 11 heteroatoms. The first-order chi connectivity index (χ1) is 15.7. The molecule has 1 amide bonds. The van der Waals surface area contributed by atoms with Gasteiger partial charge in [-0.05, 0) is 30.7 Å². The highest BCUT2D eigenvalue weighted by Crippen LogP contribution is 2.33. The van der Waals surface area contributed by atoms with Gasteiger partial charge in [-0.1, -0.05) is 13.3 Å². The van der Waals surface area contributed by atoms with E-state index < -0.39 is 21.9 Å². The molecule has 0 aliphatic heterocycles. The van der Waals surface area contributed by atoms with Crippen molar-refractivity contribution in [3.05, 3.63) is 42.0 Å². The van der Waals surface area contributed by atoms with Crippen molar-refractivity contribution in [3.63, 3.8) is 0 Å². The molecule has 0 saturated carbocycles. The third-order valence-corrected chi connectivity index (χ3v) is 6.01. The number of carbonyl (C=O) groups is 2. The summed E-state index contributed by atoms with van der Waals surface area (Å²) in [5, 5.41) is 2.58. The second kappa shape index (κ2) is 12.1. The second-order valence-corrected chi connectivity index (χ2v) is 8.57. The van der Waals surface area contributed by atoms with Crippen LogP contribution in [0.15, 0.2) is 41.3 Å². The molecule has 180 valence electrons. The van der Waals surface area contributed by atoms with Crippen LogP contribution in [0.1, 0.15) is 30.1 Å². The Labute approximate surface area is 193 Å². The van der Waals surface area contributed by atoms with Crippen molar-refractivity contribution in [2.75, 3.05) is 39.8 Å². The van der Waals surface area contributed by atoms with Crippen LogP contribution in [-0.2, 0) is 19.6 Å². The van der Waals surface area contributed by atoms with E-state index in [0.29, 0.717) is 23.8 Å². The van der Waals surface area contributed by atoms with Gasteiger partial charge in [0.1, 0.15) is 5.75 Å². The number of hydrogen-bond donors (Lipinski definition) is 2. The smallest absolute Gasteiger partial charge is 0.340 e. The molecule has 33 heavy (non-hydrogen) atoms. The van der Waals surface area contributed by atoms with E-state index in [2.05, 4.69) is 10.0 Å². The monoisotopic (exact) mass is 480 g/mol. The van der Waals surface area contributed by atoms with Crippen LogP contribution in [0.25, 0.3) is 0 Å². The fraction of sp³-hybridized carbons (Fsp3) is 0.364. The first kappa shape index (κ1) is 25.9. The summed E-state index contributed by atoms with van der Waals surface area (Å²) in [5.41, 5.74) is 0.237. The fourth-order valence-electron chi connectivity index (χ4n) is 2.78. The van der Waals surface area contributed by atoms with E-state index in [1.54, 1.807) is 0 Å². The first-order valence-corrected chi connectivity index (χ1v) is 11.6. The van der Waals surface area contributed by atoms with Gasteiger partial charge in [-0.15, -0.1) is 0 Å². The summed E-state index contributed by atoms with van der Waals surface area (Å²) in [6.07, 6.45) is 1.62. The molecule has 2 aromatic carbocycles. The number of ether oxygens (including phenoxy) is 4. The molecule has 2 aromatic rings. The Morgan fingerprint density at radius 3 is 2.18 bits per heavy atom. The number of amides is 1. The predicted octanol–water partition coefficient (Wildman–Crippen LogP) is 2.59. The molecule has 0 spiro atoms. The van der Waals surface area contributed by atoms with E-state index in [-0.39, 0.29) is 22.8 Å². The Hall–Kier alpha value is -3.31. The molecule has 0 heterocycles. The van der Waals surface area contributed by atoms with E-state index in [4.69, 9.17) is 18.9 Å². The third kappa shape index (κ3) is 7.09. The number of methoxy groups -OCH3 is 3. The van der Waals surface area contributed by atoms with Crippen LogP contribution in [0.2, 0.25) is 0 Å². The normalized spacial score (nSPS) is 10.9. The number of nitrogens with one attached hydrogen (secondary N) is 2. The molecule has 0 bridgehead atoms. The third-order valence-electron chi connectivity index (χ3n) is 4.53. The predicted molar refractivity (Wildman–Crippen MR) is 122 cm³/mol. The van der Waals surface area contributed by atoms with Crippen LogP contribution >= 0.6 is 0 Å². The second-order valence-electron chi connectivity index (χ2n) is 6.80. The lowest BCUT2D eigenvalue weighted by Crippen LogP contribution is -2.24. The van der Waals surface area contributed by atoms with Gasteiger partial charge in [-0.2, -0.15) is 0 Å². The average molecular weight is 481 g/mol. The minimum atomic E-state index is -3.60. The molecular weight excluding hydrogens is 452 g/mol. The molecule has 0 aliphatic rings. The van der Waals surface area contributed by atoms with Gasteiger partial charge < -0.3 is 24.3 Å². The summed E-state index contributed by atoms with van der Waals surface area (Å²) < 4.78 is 47.6. The van der Waals surface area contributed by atoms with Crippen LogP contribution in [-0.4, -0.2) is 54.8 Å². The van der Waals surface area contributed by atoms with Crippen molar-refractivity contribution < 1.29 is 37.0 Å². The Bertz CT molecular complexity index is 1070. The van der Waals surface area contributed by atoms with Crippen molar-refractivity contribution in [2.24, 2.45) is 0 Å². The first-order valence-electron chi connectivity index (χ1n) is 10.1. The molecule has 10 nitrogen and oxygen atoms in total. The molecule has 0 unspecified atom stereocenters. The highest BCUT2D eigenvalue weighted by atomic mass is 32.2. The maximum absolute atomic E-state index is 12.4. The summed E-state index contributed by atoms with van der Waals surface area (Å²) in [6.45, 7) is 1.95. The van der Waals surface area contributed by atoms with E-state index in [9.17, 15) is 18.0 Å². The molecule has 0 radical (unpaired) electrons. The largest absolute Gasteiger partial charge is 0.493 e. The van der Waals surface area contributed by atoms with Crippen LogP contribution in [0.3, 0.4) is 0 Å². The number of rotatable bonds is 12. The van der Waals surface area contributed by atoms with Gasteiger partial charge >= 0.3 is 5.97 Å². The van der Waals surface area contributed by atoms with Gasteiger partial charge in [0, 0.05) is 18.7 Å². The molecule has 2 rings (SSSR count). The summed E-state index contributed by atoms with van der Waals surface area (Å²) >= 11 is 0. The zero-order valence-corrected chi connectivity index (χ0v) is 19.8. The maximum atomic E-state index is 12.4. The van der Waals surface area contributed by atoms with Crippen LogP contribution in [0.4, 0.5) is 5.69 Å². The van der Waals surface area contributed by atoms with E-state index in [1.807, 2.05) is 6.92 Å². The summed E-state index contributed by atoms with van der Waals surface area (Å²) in [5.74, 6) is -0.308. The van der Waals surface area contributed by atoms with Gasteiger partial charge in [0.25, 0.3) is 5.91 Å². The van der Waals surface area contributed by atoms with Gasteiger partial charge in [0.05, 0.1) is 37.5 Å². The Morgan fingerprint density at radius 2 is 1.61 bits per heavy atom. The van der Waals surface area contributed by atoms with Crippen LogP contribution < -0.4 is 24.2 Å². The van der Waals surface area contributed by atoms with Crippen molar-refractivity contribution >= 4 is 27.6 Å². The quantitative estimate of drug-likeness (QED) is 0.350. The molecular formula is C22H28N2O8S. The van der Waals surface area contributed by atoms with Crippen molar-refractivity contribution in [1.29, 1.82) is 0 Å². The van der Waals surface area contributed by atoms with Gasteiger partial charge in [-0.3, -0.25) is 4.79 Å². The molecule has 0 aromatic heterocycles. The Morgan fingerprint density at radius 1 is 0.970 bits per heavy atom. The maximum Gasteiger partial charge on any atom is 0.340 e. The molecule has 2 N–H and O–H groups in total. The van der Waals surface area contributed by atoms with Crippen molar-refractivity contribution in [2.45, 2.75) is 24.7 Å². The van der Waals surface area contributed by atoms with Gasteiger partial charge in [0.2, 0.25) is 10.0 Å². The number of benzene rings is 2. The fourth-order valence-corrected chi connectivity index (χ4v) is 3.85. The summed E-state index contributed by atoms with van der Waals surface area (Å²) in [4.78, 5) is 24.6. The lowest BCUT2D eigenvalue weighted by molar-refractivity contribution is -0.118. The van der Waals surface area contributed by atoms with Crippen molar-refractivity contribution in [1.82, 2.24) is 4.72 Å². The number of anilines is 1. The lowest BCUT2D eigenvalue weighted by Gasteiger charge is -2.15. The number of unbranched alkanes of at least 4 members (excludes halogenated alkanes) is 1. The van der Waals surface area contributed by atoms with E-state index in [1.165, 1.54) is 57.7 Å². The van der Waals surface area contributed by atoms with Crippen molar-refractivity contribution in [3.8, 4) is 17.2 Å². The molecule has 0 saturated heterocycles.